The molecule has 0 N–H and O–H groups in total. The first-order valence-electron chi connectivity index (χ1n) is 8.79. The molecule has 0 saturated carbocycles. The van der Waals surface area contributed by atoms with E-state index in [1.807, 2.05) is 0 Å². The quantitative estimate of drug-likeness (QED) is 0.777. The van der Waals surface area contributed by atoms with Crippen molar-refractivity contribution in [2.45, 2.75) is 51.6 Å². The van der Waals surface area contributed by atoms with Crippen molar-refractivity contribution in [2.75, 3.05) is 0 Å². The summed E-state index contributed by atoms with van der Waals surface area (Å²) in [5.74, 6) is 0. The van der Waals surface area contributed by atoms with Gasteiger partial charge in [-0.3, -0.25) is 0 Å². The molecular formula is C20H28OSi2. The van der Waals surface area contributed by atoms with Crippen molar-refractivity contribution in [3.8, 4) is 0 Å². The van der Waals surface area contributed by atoms with E-state index in [0.717, 1.165) is 0 Å². The topological polar surface area (TPSA) is 9.23 Å². The molecular weight excluding hydrogens is 312 g/mol. The summed E-state index contributed by atoms with van der Waals surface area (Å²) in [4.78, 5) is 0. The van der Waals surface area contributed by atoms with E-state index in [9.17, 15) is 0 Å². The Morgan fingerprint density at radius 3 is 2.09 bits per heavy atom. The van der Waals surface area contributed by atoms with E-state index >= 15 is 0 Å². The van der Waals surface area contributed by atoms with Crippen LogP contribution in [0.4, 0.5) is 0 Å². The SMILES string of the molecule is CC(C)O[Si@@]1(C)CCC[Si@@](C)(c2ccccc2)c2ccccc21. The molecule has 3 rings (SSSR count). The Morgan fingerprint density at radius 1 is 0.826 bits per heavy atom. The van der Waals surface area contributed by atoms with Crippen LogP contribution >= 0.6 is 0 Å². The average molecular weight is 341 g/mol. The van der Waals surface area contributed by atoms with Crippen LogP contribution in [0.1, 0.15) is 20.3 Å². The molecule has 2 aromatic carbocycles. The van der Waals surface area contributed by atoms with Crippen molar-refractivity contribution in [1.82, 2.24) is 0 Å². The first-order valence-corrected chi connectivity index (χ1v) is 14.1. The fraction of sp³-hybridized carbons (Fsp3) is 0.400. The molecule has 0 amide bonds. The maximum Gasteiger partial charge on any atom is 0.221 e. The lowest BCUT2D eigenvalue weighted by Gasteiger charge is -2.33. The summed E-state index contributed by atoms with van der Waals surface area (Å²) < 4.78 is 6.58. The van der Waals surface area contributed by atoms with Gasteiger partial charge in [0.1, 0.15) is 8.07 Å². The molecule has 122 valence electrons. The summed E-state index contributed by atoms with van der Waals surface area (Å²) in [5.41, 5.74) is 0. The molecule has 2 atom stereocenters. The summed E-state index contributed by atoms with van der Waals surface area (Å²) in [5, 5.41) is 4.75. The lowest BCUT2D eigenvalue weighted by Crippen LogP contribution is -2.64. The van der Waals surface area contributed by atoms with Gasteiger partial charge in [-0.2, -0.15) is 0 Å². The highest BCUT2D eigenvalue weighted by molar-refractivity contribution is 7.06. The van der Waals surface area contributed by atoms with Crippen LogP contribution < -0.4 is 15.6 Å². The molecule has 0 bridgehead atoms. The number of hydrogen-bond donors (Lipinski definition) is 0. The van der Waals surface area contributed by atoms with Crippen LogP contribution in [0.25, 0.3) is 0 Å². The Bertz CT molecular complexity index is 670. The Morgan fingerprint density at radius 2 is 1.43 bits per heavy atom. The zero-order chi connectivity index (χ0) is 16.5. The maximum absolute atomic E-state index is 6.58. The second kappa shape index (κ2) is 6.38. The average Bonchev–Trinajstić information content (AvgIpc) is 2.65. The van der Waals surface area contributed by atoms with Crippen molar-refractivity contribution in [3.05, 3.63) is 54.6 Å². The second-order valence-corrected chi connectivity index (χ2v) is 15.5. The van der Waals surface area contributed by atoms with Gasteiger partial charge >= 0.3 is 0 Å². The smallest absolute Gasteiger partial charge is 0.221 e. The molecule has 1 nitrogen and oxygen atoms in total. The van der Waals surface area contributed by atoms with Crippen LogP contribution in [0, 0.1) is 0 Å². The van der Waals surface area contributed by atoms with Crippen molar-refractivity contribution in [3.63, 3.8) is 0 Å². The van der Waals surface area contributed by atoms with Crippen molar-refractivity contribution >= 4 is 32.0 Å². The molecule has 23 heavy (non-hydrogen) atoms. The second-order valence-electron chi connectivity index (χ2n) is 7.49. The van der Waals surface area contributed by atoms with Crippen LogP contribution in [0.3, 0.4) is 0 Å². The van der Waals surface area contributed by atoms with Crippen LogP contribution in [-0.2, 0) is 4.43 Å². The highest BCUT2D eigenvalue weighted by Gasteiger charge is 2.44. The monoisotopic (exact) mass is 340 g/mol. The first-order chi connectivity index (χ1) is 11.0. The summed E-state index contributed by atoms with van der Waals surface area (Å²) in [6, 6.07) is 23.0. The van der Waals surface area contributed by atoms with Crippen molar-refractivity contribution in [1.29, 1.82) is 0 Å². The van der Waals surface area contributed by atoms with Crippen LogP contribution in [0.5, 0.6) is 0 Å². The van der Waals surface area contributed by atoms with E-state index in [0.29, 0.717) is 6.10 Å². The predicted molar refractivity (Wildman–Crippen MR) is 105 cm³/mol. The number of benzene rings is 2. The van der Waals surface area contributed by atoms with Crippen LogP contribution in [-0.4, -0.2) is 22.5 Å². The number of rotatable bonds is 3. The van der Waals surface area contributed by atoms with E-state index in [2.05, 4.69) is 81.5 Å². The van der Waals surface area contributed by atoms with E-state index in [1.54, 1.807) is 15.6 Å². The normalized spacial score (nSPS) is 27.5. The van der Waals surface area contributed by atoms with Gasteiger partial charge in [-0.15, -0.1) is 0 Å². The van der Waals surface area contributed by atoms with Gasteiger partial charge in [0.25, 0.3) is 0 Å². The van der Waals surface area contributed by atoms with Gasteiger partial charge in [0, 0.05) is 6.10 Å². The Hall–Kier alpha value is -1.17. The van der Waals surface area contributed by atoms with E-state index in [1.165, 1.54) is 18.5 Å². The predicted octanol–water partition coefficient (Wildman–Crippen LogP) is 3.49. The molecule has 0 aliphatic carbocycles. The number of hydrogen-bond acceptors (Lipinski definition) is 1. The fourth-order valence-corrected chi connectivity index (χ4v) is 13.5. The fourth-order valence-electron chi connectivity index (χ4n) is 4.22. The molecule has 0 spiro atoms. The van der Waals surface area contributed by atoms with Gasteiger partial charge < -0.3 is 4.43 Å². The minimum Gasteiger partial charge on any atom is -0.410 e. The van der Waals surface area contributed by atoms with Gasteiger partial charge in [-0.1, -0.05) is 77.9 Å². The third kappa shape index (κ3) is 3.10. The third-order valence-electron chi connectivity index (χ3n) is 5.33. The van der Waals surface area contributed by atoms with Gasteiger partial charge in [-0.05, 0) is 37.7 Å². The molecule has 1 aliphatic heterocycles. The summed E-state index contributed by atoms with van der Waals surface area (Å²) in [6.45, 7) is 9.34. The molecule has 2 aromatic rings. The van der Waals surface area contributed by atoms with Gasteiger partial charge in [0.2, 0.25) is 8.32 Å². The van der Waals surface area contributed by atoms with E-state index in [-0.39, 0.29) is 0 Å². The molecule has 0 unspecified atom stereocenters. The molecule has 0 aromatic heterocycles. The third-order valence-corrected chi connectivity index (χ3v) is 14.0. The summed E-state index contributed by atoms with van der Waals surface area (Å²) >= 11 is 0. The molecule has 3 heteroatoms. The lowest BCUT2D eigenvalue weighted by atomic mass is 10.4. The largest absolute Gasteiger partial charge is 0.410 e. The highest BCUT2D eigenvalue weighted by atomic mass is 28.4. The first kappa shape index (κ1) is 16.7. The molecule has 0 fully saturated rings. The lowest BCUT2D eigenvalue weighted by molar-refractivity contribution is 0.235. The minimum atomic E-state index is -1.86. The molecule has 1 heterocycles. The molecule has 0 saturated heterocycles. The highest BCUT2D eigenvalue weighted by Crippen LogP contribution is 2.26. The van der Waals surface area contributed by atoms with Crippen LogP contribution in [0.2, 0.25) is 25.2 Å². The molecule has 0 radical (unpaired) electrons. The number of fused-ring (bicyclic) bond motifs is 1. The van der Waals surface area contributed by atoms with Crippen molar-refractivity contribution in [2.24, 2.45) is 0 Å². The zero-order valence-electron chi connectivity index (χ0n) is 14.8. The maximum atomic E-state index is 6.58. The Kier molecular flexibility index (Phi) is 4.63. The van der Waals surface area contributed by atoms with Gasteiger partial charge in [-0.25, -0.2) is 0 Å². The Balaban J connectivity index is 2.16. The van der Waals surface area contributed by atoms with Crippen LogP contribution in [0.15, 0.2) is 54.6 Å². The van der Waals surface area contributed by atoms with E-state index in [4.69, 9.17) is 4.43 Å². The summed E-state index contributed by atoms with van der Waals surface area (Å²) in [7, 11) is -3.53. The zero-order valence-corrected chi connectivity index (χ0v) is 16.8. The van der Waals surface area contributed by atoms with Crippen molar-refractivity contribution < 1.29 is 4.43 Å². The standard InChI is InChI=1S/C20H28OSi2/c1-17(2)21-23(4)16-10-15-22(3,18-11-6-5-7-12-18)19-13-8-9-14-20(19)23/h5-9,11-14,17H,10,15-16H2,1-4H3/t22-,23-/m0/s1. The Labute approximate surface area is 142 Å². The summed E-state index contributed by atoms with van der Waals surface area (Å²) in [6.07, 6.45) is 1.60. The van der Waals surface area contributed by atoms with Gasteiger partial charge in [0.05, 0.1) is 0 Å². The van der Waals surface area contributed by atoms with E-state index < -0.39 is 16.4 Å². The minimum absolute atomic E-state index is 0.308. The molecule has 1 aliphatic rings. The van der Waals surface area contributed by atoms with Gasteiger partial charge in [0.15, 0.2) is 0 Å².